The van der Waals surface area contributed by atoms with E-state index in [-0.39, 0.29) is 0 Å². The summed E-state index contributed by atoms with van der Waals surface area (Å²) in [4.78, 5) is 4.16. The minimum atomic E-state index is 0.534. The number of ether oxygens (including phenoxy) is 1. The van der Waals surface area contributed by atoms with Crippen LogP contribution in [0.5, 0.6) is 5.88 Å². The largest absolute Gasteiger partial charge is 0.474 e. The number of rotatable bonds is 6. The lowest BCUT2D eigenvalue weighted by atomic mass is 10.5. The number of hydrogen-bond donors (Lipinski definition) is 1. The fourth-order valence-corrected chi connectivity index (χ4v) is 1.54. The number of hydrogen-bond acceptors (Lipinski definition) is 5. The van der Waals surface area contributed by atoms with Crippen LogP contribution >= 0.6 is 0 Å². The van der Waals surface area contributed by atoms with Crippen LogP contribution in [-0.4, -0.2) is 39.3 Å². The highest BCUT2D eigenvalue weighted by Gasteiger charge is 2.08. The maximum atomic E-state index is 5.58. The Morgan fingerprint density at radius 2 is 2.24 bits per heavy atom. The van der Waals surface area contributed by atoms with E-state index in [0.717, 1.165) is 25.3 Å². The van der Waals surface area contributed by atoms with Gasteiger partial charge in [0, 0.05) is 18.9 Å². The second-order valence-electron chi connectivity index (χ2n) is 3.77. The van der Waals surface area contributed by atoms with Crippen LogP contribution < -0.4 is 10.1 Å². The third-order valence-corrected chi connectivity index (χ3v) is 2.41. The van der Waals surface area contributed by atoms with Crippen LogP contribution in [0.4, 0.5) is 0 Å². The van der Waals surface area contributed by atoms with Gasteiger partial charge in [0.1, 0.15) is 12.4 Å². The van der Waals surface area contributed by atoms with Crippen molar-refractivity contribution in [1.29, 1.82) is 0 Å². The summed E-state index contributed by atoms with van der Waals surface area (Å²) in [6.07, 6.45) is 4.64. The SMILES string of the molecule is CCCNCCOc1nccn2c(C)nnc12. The van der Waals surface area contributed by atoms with Gasteiger partial charge in [0.05, 0.1) is 0 Å². The summed E-state index contributed by atoms with van der Waals surface area (Å²) in [5, 5.41) is 11.3. The lowest BCUT2D eigenvalue weighted by Gasteiger charge is -2.06. The molecule has 6 nitrogen and oxygen atoms in total. The molecular formula is C11H17N5O. The average Bonchev–Trinajstić information content (AvgIpc) is 2.72. The van der Waals surface area contributed by atoms with Crippen LogP contribution in [0, 0.1) is 6.92 Å². The number of nitrogens with one attached hydrogen (secondary N) is 1. The normalized spacial score (nSPS) is 10.9. The van der Waals surface area contributed by atoms with E-state index in [9.17, 15) is 0 Å². The Labute approximate surface area is 100 Å². The van der Waals surface area contributed by atoms with E-state index in [1.807, 2.05) is 17.5 Å². The minimum Gasteiger partial charge on any atom is -0.474 e. The standard InChI is InChI=1S/C11H17N5O/c1-3-4-12-6-8-17-11-10-15-14-9(2)16(10)7-5-13-11/h5,7,12H,3-4,6,8H2,1-2H3. The highest BCUT2D eigenvalue weighted by atomic mass is 16.5. The zero-order chi connectivity index (χ0) is 12.1. The highest BCUT2D eigenvalue weighted by Crippen LogP contribution is 2.13. The van der Waals surface area contributed by atoms with Gasteiger partial charge in [-0.2, -0.15) is 0 Å². The molecule has 0 aliphatic carbocycles. The molecule has 2 heterocycles. The van der Waals surface area contributed by atoms with Crippen molar-refractivity contribution in [3.8, 4) is 5.88 Å². The second-order valence-corrected chi connectivity index (χ2v) is 3.77. The van der Waals surface area contributed by atoms with Gasteiger partial charge in [0.2, 0.25) is 5.65 Å². The molecule has 0 unspecified atom stereocenters. The van der Waals surface area contributed by atoms with Gasteiger partial charge < -0.3 is 10.1 Å². The number of aromatic nitrogens is 4. The Morgan fingerprint density at radius 1 is 1.35 bits per heavy atom. The highest BCUT2D eigenvalue weighted by molar-refractivity contribution is 5.48. The molecule has 0 saturated heterocycles. The van der Waals surface area contributed by atoms with E-state index in [1.54, 1.807) is 6.20 Å². The fraction of sp³-hybridized carbons (Fsp3) is 0.545. The lowest BCUT2D eigenvalue weighted by Crippen LogP contribution is -2.22. The molecule has 0 atom stereocenters. The zero-order valence-electron chi connectivity index (χ0n) is 10.2. The van der Waals surface area contributed by atoms with E-state index in [0.29, 0.717) is 18.1 Å². The third kappa shape index (κ3) is 2.71. The van der Waals surface area contributed by atoms with Gasteiger partial charge in [-0.1, -0.05) is 6.92 Å². The number of nitrogens with zero attached hydrogens (tertiary/aromatic N) is 4. The number of aryl methyl sites for hydroxylation is 1. The summed E-state index contributed by atoms with van der Waals surface area (Å²) in [7, 11) is 0. The zero-order valence-corrected chi connectivity index (χ0v) is 10.2. The topological polar surface area (TPSA) is 64.3 Å². The predicted octanol–water partition coefficient (Wildman–Crippen LogP) is 0.811. The molecule has 1 N–H and O–H groups in total. The summed E-state index contributed by atoms with van der Waals surface area (Å²) >= 11 is 0. The van der Waals surface area contributed by atoms with E-state index >= 15 is 0 Å². The van der Waals surface area contributed by atoms with Crippen molar-refractivity contribution in [3.05, 3.63) is 18.2 Å². The Balaban J connectivity index is 1.99. The fourth-order valence-electron chi connectivity index (χ4n) is 1.54. The maximum Gasteiger partial charge on any atom is 0.260 e. The van der Waals surface area contributed by atoms with Crippen LogP contribution in [0.1, 0.15) is 19.2 Å². The van der Waals surface area contributed by atoms with Gasteiger partial charge >= 0.3 is 0 Å². The molecule has 92 valence electrons. The van der Waals surface area contributed by atoms with Crippen LogP contribution in [0.15, 0.2) is 12.4 Å². The van der Waals surface area contributed by atoms with Crippen LogP contribution in [0.25, 0.3) is 5.65 Å². The van der Waals surface area contributed by atoms with E-state index in [2.05, 4.69) is 27.4 Å². The summed E-state index contributed by atoms with van der Waals surface area (Å²) in [6.45, 7) is 6.43. The van der Waals surface area contributed by atoms with Gasteiger partial charge in [-0.05, 0) is 19.9 Å². The molecule has 0 aromatic carbocycles. The summed E-state index contributed by atoms with van der Waals surface area (Å²) in [5.74, 6) is 1.36. The van der Waals surface area contributed by atoms with Crippen molar-refractivity contribution in [3.63, 3.8) is 0 Å². The molecule has 0 fully saturated rings. The molecule has 17 heavy (non-hydrogen) atoms. The molecule has 0 spiro atoms. The van der Waals surface area contributed by atoms with Gasteiger partial charge in [-0.25, -0.2) is 4.98 Å². The van der Waals surface area contributed by atoms with Gasteiger partial charge in [-0.15, -0.1) is 10.2 Å². The van der Waals surface area contributed by atoms with Crippen molar-refractivity contribution in [2.24, 2.45) is 0 Å². The molecule has 0 saturated carbocycles. The summed E-state index contributed by atoms with van der Waals surface area (Å²) in [5.41, 5.74) is 0.667. The smallest absolute Gasteiger partial charge is 0.260 e. The van der Waals surface area contributed by atoms with E-state index in [1.165, 1.54) is 0 Å². The number of fused-ring (bicyclic) bond motifs is 1. The monoisotopic (exact) mass is 235 g/mol. The molecule has 0 bridgehead atoms. The lowest BCUT2D eigenvalue weighted by molar-refractivity contribution is 0.304. The Bertz CT molecular complexity index is 482. The van der Waals surface area contributed by atoms with Crippen LogP contribution in [-0.2, 0) is 0 Å². The Kier molecular flexibility index (Phi) is 3.87. The van der Waals surface area contributed by atoms with Crippen LogP contribution in [0.2, 0.25) is 0 Å². The first kappa shape index (κ1) is 11.8. The average molecular weight is 235 g/mol. The quantitative estimate of drug-likeness (QED) is 0.751. The molecular weight excluding hydrogens is 218 g/mol. The van der Waals surface area contributed by atoms with Crippen molar-refractivity contribution in [1.82, 2.24) is 24.9 Å². The van der Waals surface area contributed by atoms with Crippen molar-refractivity contribution >= 4 is 5.65 Å². The van der Waals surface area contributed by atoms with Crippen molar-refractivity contribution in [2.75, 3.05) is 19.7 Å². The Morgan fingerprint density at radius 3 is 3.06 bits per heavy atom. The molecule has 6 heteroatoms. The molecule has 0 aliphatic rings. The van der Waals surface area contributed by atoms with Gasteiger partial charge in [0.25, 0.3) is 5.88 Å². The molecule has 2 rings (SSSR count). The third-order valence-electron chi connectivity index (χ3n) is 2.41. The molecule has 2 aromatic heterocycles. The first-order valence-electron chi connectivity index (χ1n) is 5.82. The predicted molar refractivity (Wildman–Crippen MR) is 64.2 cm³/mol. The molecule has 0 amide bonds. The summed E-state index contributed by atoms with van der Waals surface area (Å²) in [6, 6.07) is 0. The van der Waals surface area contributed by atoms with E-state index < -0.39 is 0 Å². The Hall–Kier alpha value is -1.69. The maximum absolute atomic E-state index is 5.58. The molecule has 0 radical (unpaired) electrons. The first-order chi connectivity index (χ1) is 8.33. The van der Waals surface area contributed by atoms with Crippen LogP contribution in [0.3, 0.4) is 0 Å². The van der Waals surface area contributed by atoms with Crippen molar-refractivity contribution < 1.29 is 4.74 Å². The molecule has 2 aromatic rings. The van der Waals surface area contributed by atoms with Gasteiger partial charge in [0.15, 0.2) is 0 Å². The van der Waals surface area contributed by atoms with Gasteiger partial charge in [-0.3, -0.25) is 4.40 Å². The summed E-state index contributed by atoms with van der Waals surface area (Å²) < 4.78 is 7.45. The minimum absolute atomic E-state index is 0.534. The first-order valence-corrected chi connectivity index (χ1v) is 5.82. The van der Waals surface area contributed by atoms with Crippen molar-refractivity contribution in [2.45, 2.75) is 20.3 Å². The second kappa shape index (κ2) is 5.58. The molecule has 0 aliphatic heterocycles. The van der Waals surface area contributed by atoms with E-state index in [4.69, 9.17) is 4.74 Å².